The third-order valence-electron chi connectivity index (χ3n) is 4.55. The number of rotatable bonds is 5. The molecule has 1 aliphatic rings. The number of nitrogens with one attached hydrogen (secondary N) is 1. The smallest absolute Gasteiger partial charge is 0.222 e. The molecule has 0 radical (unpaired) electrons. The van der Waals surface area contributed by atoms with Crippen molar-refractivity contribution >= 4 is 5.91 Å². The summed E-state index contributed by atoms with van der Waals surface area (Å²) in [6.07, 6.45) is 2.43. The van der Waals surface area contributed by atoms with Gasteiger partial charge in [-0.2, -0.15) is 0 Å². The Labute approximate surface area is 125 Å². The molecule has 116 valence electrons. The summed E-state index contributed by atoms with van der Waals surface area (Å²) in [4.78, 5) is 12.0. The van der Waals surface area contributed by atoms with E-state index in [2.05, 4.69) is 5.32 Å². The van der Waals surface area contributed by atoms with Crippen molar-refractivity contribution in [2.75, 3.05) is 19.8 Å². The van der Waals surface area contributed by atoms with Gasteiger partial charge in [-0.05, 0) is 37.0 Å². The van der Waals surface area contributed by atoms with Gasteiger partial charge in [-0.1, -0.05) is 26.0 Å². The van der Waals surface area contributed by atoms with Gasteiger partial charge in [0, 0.05) is 31.1 Å². The van der Waals surface area contributed by atoms with Crippen LogP contribution in [0.1, 0.15) is 38.7 Å². The number of carbonyl (C=O) groups is 1. The van der Waals surface area contributed by atoms with E-state index in [1.54, 1.807) is 12.1 Å². The van der Waals surface area contributed by atoms with Gasteiger partial charge in [-0.15, -0.1) is 0 Å². The van der Waals surface area contributed by atoms with Crippen molar-refractivity contribution in [3.05, 3.63) is 35.6 Å². The monoisotopic (exact) mass is 293 g/mol. The van der Waals surface area contributed by atoms with Crippen molar-refractivity contribution in [3.63, 3.8) is 0 Å². The van der Waals surface area contributed by atoms with Gasteiger partial charge in [0.1, 0.15) is 5.82 Å². The van der Waals surface area contributed by atoms with Gasteiger partial charge in [0.2, 0.25) is 5.91 Å². The van der Waals surface area contributed by atoms with Crippen molar-refractivity contribution in [2.45, 2.75) is 38.5 Å². The summed E-state index contributed by atoms with van der Waals surface area (Å²) < 4.78 is 19.0. The number of amides is 1. The van der Waals surface area contributed by atoms with Gasteiger partial charge < -0.3 is 10.1 Å². The van der Waals surface area contributed by atoms with E-state index in [1.807, 2.05) is 19.9 Å². The number of carbonyl (C=O) groups excluding carboxylic acids is 1. The Balaban J connectivity index is 2.16. The third-order valence-corrected chi connectivity index (χ3v) is 4.55. The van der Waals surface area contributed by atoms with E-state index in [0.717, 1.165) is 24.8 Å². The van der Waals surface area contributed by atoms with Gasteiger partial charge in [0.25, 0.3) is 0 Å². The molecule has 1 aromatic rings. The molecule has 1 aromatic carbocycles. The first kappa shape index (κ1) is 16.0. The molecule has 1 heterocycles. The fourth-order valence-corrected chi connectivity index (χ4v) is 2.76. The third kappa shape index (κ3) is 3.82. The lowest BCUT2D eigenvalue weighted by Gasteiger charge is -2.38. The maximum atomic E-state index is 13.6. The SMILES string of the molecule is CC[C@@H](C)C(=O)NCC1(c2cccc(F)c2)CCOCC1. The molecular weight excluding hydrogens is 269 g/mol. The summed E-state index contributed by atoms with van der Waals surface area (Å²) in [5.41, 5.74) is 0.735. The van der Waals surface area contributed by atoms with E-state index < -0.39 is 0 Å². The minimum atomic E-state index is -0.230. The Hall–Kier alpha value is -1.42. The van der Waals surface area contributed by atoms with Crippen molar-refractivity contribution in [2.24, 2.45) is 5.92 Å². The summed E-state index contributed by atoms with van der Waals surface area (Å²) in [7, 11) is 0. The molecular formula is C17H24FNO2. The van der Waals surface area contributed by atoms with E-state index in [9.17, 15) is 9.18 Å². The molecule has 1 fully saturated rings. The van der Waals surface area contributed by atoms with Crippen molar-refractivity contribution in [1.29, 1.82) is 0 Å². The van der Waals surface area contributed by atoms with Crippen molar-refractivity contribution in [3.8, 4) is 0 Å². The molecule has 1 amide bonds. The Morgan fingerprint density at radius 3 is 2.76 bits per heavy atom. The highest BCUT2D eigenvalue weighted by molar-refractivity contribution is 5.78. The second-order valence-electron chi connectivity index (χ2n) is 5.93. The second-order valence-corrected chi connectivity index (χ2v) is 5.93. The number of benzene rings is 1. The Bertz CT molecular complexity index is 483. The summed E-state index contributed by atoms with van der Waals surface area (Å²) in [5.74, 6) is -0.152. The van der Waals surface area contributed by atoms with Gasteiger partial charge in [0.05, 0.1) is 0 Å². The minimum Gasteiger partial charge on any atom is -0.381 e. The van der Waals surface area contributed by atoms with E-state index in [1.165, 1.54) is 6.07 Å². The molecule has 1 atom stereocenters. The van der Waals surface area contributed by atoms with E-state index in [0.29, 0.717) is 19.8 Å². The molecule has 0 aliphatic carbocycles. The fraction of sp³-hybridized carbons (Fsp3) is 0.588. The zero-order valence-corrected chi connectivity index (χ0v) is 12.8. The van der Waals surface area contributed by atoms with Gasteiger partial charge in [-0.3, -0.25) is 4.79 Å². The van der Waals surface area contributed by atoms with Crippen LogP contribution in [0.2, 0.25) is 0 Å². The maximum absolute atomic E-state index is 13.6. The quantitative estimate of drug-likeness (QED) is 0.906. The summed E-state index contributed by atoms with van der Waals surface area (Å²) >= 11 is 0. The molecule has 1 N–H and O–H groups in total. The molecule has 2 rings (SSSR count). The fourth-order valence-electron chi connectivity index (χ4n) is 2.76. The van der Waals surface area contributed by atoms with E-state index >= 15 is 0 Å². The summed E-state index contributed by atoms with van der Waals surface area (Å²) in [6, 6.07) is 6.72. The number of hydrogen-bond acceptors (Lipinski definition) is 2. The molecule has 0 aromatic heterocycles. The Morgan fingerprint density at radius 2 is 2.14 bits per heavy atom. The van der Waals surface area contributed by atoms with Gasteiger partial charge >= 0.3 is 0 Å². The highest BCUT2D eigenvalue weighted by Crippen LogP contribution is 2.34. The Kier molecular flexibility index (Phi) is 5.34. The molecule has 0 unspecified atom stereocenters. The number of ether oxygens (including phenoxy) is 1. The summed E-state index contributed by atoms with van der Waals surface area (Å²) in [5, 5.41) is 3.04. The molecule has 3 nitrogen and oxygen atoms in total. The van der Waals surface area contributed by atoms with Crippen LogP contribution in [0, 0.1) is 11.7 Å². The van der Waals surface area contributed by atoms with E-state index in [4.69, 9.17) is 4.74 Å². The normalized spacial score (nSPS) is 19.0. The highest BCUT2D eigenvalue weighted by atomic mass is 19.1. The van der Waals surface area contributed by atoms with Crippen LogP contribution in [0.3, 0.4) is 0 Å². The zero-order chi connectivity index (χ0) is 15.3. The summed E-state index contributed by atoms with van der Waals surface area (Å²) in [6.45, 7) is 5.77. The first-order valence-electron chi connectivity index (χ1n) is 7.69. The molecule has 4 heteroatoms. The molecule has 1 saturated heterocycles. The van der Waals surface area contributed by atoms with Gasteiger partial charge in [-0.25, -0.2) is 4.39 Å². The van der Waals surface area contributed by atoms with Crippen LogP contribution < -0.4 is 5.32 Å². The van der Waals surface area contributed by atoms with Crippen LogP contribution in [0.5, 0.6) is 0 Å². The largest absolute Gasteiger partial charge is 0.381 e. The topological polar surface area (TPSA) is 38.3 Å². The lowest BCUT2D eigenvalue weighted by Crippen LogP contribution is -2.45. The molecule has 21 heavy (non-hydrogen) atoms. The Morgan fingerprint density at radius 1 is 1.43 bits per heavy atom. The maximum Gasteiger partial charge on any atom is 0.222 e. The average Bonchev–Trinajstić information content (AvgIpc) is 2.52. The second kappa shape index (κ2) is 7.03. The molecule has 1 aliphatic heterocycles. The van der Waals surface area contributed by atoms with E-state index in [-0.39, 0.29) is 23.1 Å². The van der Waals surface area contributed by atoms with Crippen molar-refractivity contribution in [1.82, 2.24) is 5.32 Å². The molecule has 0 bridgehead atoms. The minimum absolute atomic E-state index is 0.00870. The van der Waals surface area contributed by atoms with Crippen LogP contribution in [-0.4, -0.2) is 25.7 Å². The first-order chi connectivity index (χ1) is 10.1. The first-order valence-corrected chi connectivity index (χ1v) is 7.69. The standard InChI is InChI=1S/C17H24FNO2/c1-3-13(2)16(20)19-12-17(7-9-21-10-8-17)14-5-4-6-15(18)11-14/h4-6,11,13H,3,7-10,12H2,1-2H3,(H,19,20)/t13-/m1/s1. The zero-order valence-electron chi connectivity index (χ0n) is 12.8. The average molecular weight is 293 g/mol. The predicted octanol–water partition coefficient (Wildman–Crippen LogP) is 3.04. The van der Waals surface area contributed by atoms with Crippen LogP contribution in [0.4, 0.5) is 4.39 Å². The van der Waals surface area contributed by atoms with Gasteiger partial charge in [0.15, 0.2) is 0 Å². The van der Waals surface area contributed by atoms with Crippen molar-refractivity contribution < 1.29 is 13.9 Å². The van der Waals surface area contributed by atoms with Crippen LogP contribution in [-0.2, 0) is 14.9 Å². The van der Waals surface area contributed by atoms with Crippen LogP contribution in [0.25, 0.3) is 0 Å². The van der Waals surface area contributed by atoms with Crippen LogP contribution >= 0.6 is 0 Å². The molecule has 0 spiro atoms. The number of hydrogen-bond donors (Lipinski definition) is 1. The number of halogens is 1. The predicted molar refractivity (Wildman–Crippen MR) is 80.6 cm³/mol. The highest BCUT2D eigenvalue weighted by Gasteiger charge is 2.35. The van der Waals surface area contributed by atoms with Crippen LogP contribution in [0.15, 0.2) is 24.3 Å². The lowest BCUT2D eigenvalue weighted by molar-refractivity contribution is -0.125. The molecule has 0 saturated carbocycles. The lowest BCUT2D eigenvalue weighted by atomic mass is 9.74.